The van der Waals surface area contributed by atoms with Crippen molar-refractivity contribution in [3.63, 3.8) is 0 Å². The van der Waals surface area contributed by atoms with E-state index >= 15 is 0 Å². The fraction of sp³-hybridized carbons (Fsp3) is 0.611. The Kier molecular flexibility index (Phi) is 7.13. The lowest BCUT2D eigenvalue weighted by Crippen LogP contribution is -2.51. The molecule has 0 unspecified atom stereocenters. The van der Waals surface area contributed by atoms with Gasteiger partial charge in [-0.3, -0.25) is 19.8 Å². The minimum atomic E-state index is -3.84. The largest absolute Gasteiger partial charge is 0.353 e. The summed E-state index contributed by atoms with van der Waals surface area (Å²) in [6.45, 7) is 8.81. The normalized spacial score (nSPS) is 17.3. The SMILES string of the molecule is CC[C@H](C)NC(=O)CN1CCN(S(=O)(=O)c2cc([N+](=O)[O-])cc(C)c2C)CC1. The van der Waals surface area contributed by atoms with E-state index in [-0.39, 0.29) is 42.2 Å². The minimum Gasteiger partial charge on any atom is -0.353 e. The van der Waals surface area contributed by atoms with E-state index in [1.54, 1.807) is 13.8 Å². The van der Waals surface area contributed by atoms with E-state index in [1.165, 1.54) is 10.4 Å². The van der Waals surface area contributed by atoms with Crippen molar-refractivity contribution in [2.75, 3.05) is 32.7 Å². The lowest BCUT2D eigenvalue weighted by molar-refractivity contribution is -0.385. The molecule has 1 aromatic carbocycles. The van der Waals surface area contributed by atoms with Crippen molar-refractivity contribution >= 4 is 21.6 Å². The van der Waals surface area contributed by atoms with Crippen LogP contribution in [-0.2, 0) is 14.8 Å². The number of rotatable bonds is 7. The van der Waals surface area contributed by atoms with E-state index in [0.29, 0.717) is 24.2 Å². The van der Waals surface area contributed by atoms with Crippen LogP contribution < -0.4 is 5.32 Å². The number of hydrogen-bond donors (Lipinski definition) is 1. The number of non-ortho nitro benzene ring substituents is 1. The topological polar surface area (TPSA) is 113 Å². The molecule has 0 saturated carbocycles. The standard InChI is InChI=1S/C18H28N4O5S/c1-5-14(3)19-18(23)12-20-6-8-21(9-7-20)28(26,27)17-11-16(22(24)25)10-13(2)15(17)4/h10-11,14H,5-9,12H2,1-4H3,(H,19,23)/t14-/m0/s1. The minimum absolute atomic E-state index is 0.0258. The van der Waals surface area contributed by atoms with Gasteiger partial charge < -0.3 is 5.32 Å². The summed E-state index contributed by atoms with van der Waals surface area (Å²) in [6, 6.07) is 2.61. The van der Waals surface area contributed by atoms with E-state index in [4.69, 9.17) is 0 Å². The molecule has 1 saturated heterocycles. The number of hydrogen-bond acceptors (Lipinski definition) is 6. The molecule has 28 heavy (non-hydrogen) atoms. The molecule has 10 heteroatoms. The van der Waals surface area contributed by atoms with E-state index in [1.807, 2.05) is 18.7 Å². The van der Waals surface area contributed by atoms with Crippen molar-refractivity contribution in [3.8, 4) is 0 Å². The number of carbonyl (C=O) groups is 1. The highest BCUT2D eigenvalue weighted by atomic mass is 32.2. The third-order valence-electron chi connectivity index (χ3n) is 5.15. The quantitative estimate of drug-likeness (QED) is 0.535. The van der Waals surface area contributed by atoms with Crippen molar-refractivity contribution in [1.29, 1.82) is 0 Å². The van der Waals surface area contributed by atoms with Crippen LogP contribution in [0.4, 0.5) is 5.69 Å². The summed E-state index contributed by atoms with van der Waals surface area (Å²) in [4.78, 5) is 24.4. The zero-order valence-corrected chi connectivity index (χ0v) is 17.6. The van der Waals surface area contributed by atoms with Gasteiger partial charge in [0, 0.05) is 44.4 Å². The number of nitro benzene ring substituents is 1. The van der Waals surface area contributed by atoms with Crippen molar-refractivity contribution in [2.24, 2.45) is 0 Å². The predicted octanol–water partition coefficient (Wildman–Crippen LogP) is 1.43. The van der Waals surface area contributed by atoms with Crippen molar-refractivity contribution in [1.82, 2.24) is 14.5 Å². The molecule has 1 amide bonds. The van der Waals surface area contributed by atoms with Crippen LogP contribution >= 0.6 is 0 Å². The molecule has 0 aliphatic carbocycles. The molecule has 1 atom stereocenters. The highest BCUT2D eigenvalue weighted by Gasteiger charge is 2.32. The molecule has 0 radical (unpaired) electrons. The van der Waals surface area contributed by atoms with Crippen LogP contribution in [0.1, 0.15) is 31.4 Å². The molecule has 1 heterocycles. The Morgan fingerprint density at radius 3 is 2.39 bits per heavy atom. The Balaban J connectivity index is 2.10. The zero-order chi connectivity index (χ0) is 21.1. The summed E-state index contributed by atoms with van der Waals surface area (Å²) in [5, 5.41) is 14.0. The zero-order valence-electron chi connectivity index (χ0n) is 16.8. The van der Waals surface area contributed by atoms with Crippen molar-refractivity contribution in [3.05, 3.63) is 33.4 Å². The molecule has 0 aromatic heterocycles. The molecule has 0 spiro atoms. The number of piperazine rings is 1. The number of carbonyl (C=O) groups excluding carboxylic acids is 1. The Hall–Kier alpha value is -2.04. The number of nitrogens with zero attached hydrogens (tertiary/aromatic N) is 3. The number of sulfonamides is 1. The summed E-state index contributed by atoms with van der Waals surface area (Å²) >= 11 is 0. The van der Waals surface area contributed by atoms with Crippen LogP contribution in [0.25, 0.3) is 0 Å². The van der Waals surface area contributed by atoms with E-state index in [9.17, 15) is 23.3 Å². The van der Waals surface area contributed by atoms with Crippen LogP contribution in [0.5, 0.6) is 0 Å². The van der Waals surface area contributed by atoms with E-state index in [2.05, 4.69) is 5.32 Å². The predicted molar refractivity (Wildman–Crippen MR) is 106 cm³/mol. The van der Waals surface area contributed by atoms with Gasteiger partial charge in [0.2, 0.25) is 15.9 Å². The first-order chi connectivity index (χ1) is 13.1. The number of nitrogens with one attached hydrogen (secondary N) is 1. The van der Waals surface area contributed by atoms with Crippen LogP contribution in [0.3, 0.4) is 0 Å². The molecule has 1 fully saturated rings. The van der Waals surface area contributed by atoms with Gasteiger partial charge in [0.05, 0.1) is 16.4 Å². The monoisotopic (exact) mass is 412 g/mol. The summed E-state index contributed by atoms with van der Waals surface area (Å²) in [5.41, 5.74) is 0.844. The van der Waals surface area contributed by atoms with Gasteiger partial charge in [-0.25, -0.2) is 8.42 Å². The summed E-state index contributed by atoms with van der Waals surface area (Å²) in [7, 11) is -3.84. The molecule has 1 aliphatic rings. The van der Waals surface area contributed by atoms with Crippen LogP contribution in [0.2, 0.25) is 0 Å². The molecule has 9 nitrogen and oxygen atoms in total. The maximum atomic E-state index is 13.1. The molecule has 156 valence electrons. The Morgan fingerprint density at radius 2 is 1.86 bits per heavy atom. The highest BCUT2D eigenvalue weighted by molar-refractivity contribution is 7.89. The van der Waals surface area contributed by atoms with E-state index < -0.39 is 14.9 Å². The van der Waals surface area contributed by atoms with Gasteiger partial charge in [-0.15, -0.1) is 0 Å². The molecule has 1 N–H and O–H groups in total. The first-order valence-electron chi connectivity index (χ1n) is 9.33. The molecular weight excluding hydrogens is 384 g/mol. The second kappa shape index (κ2) is 8.97. The first kappa shape index (κ1) is 22.3. The molecule has 2 rings (SSSR count). The van der Waals surface area contributed by atoms with Crippen LogP contribution in [0, 0.1) is 24.0 Å². The fourth-order valence-corrected chi connectivity index (χ4v) is 4.81. The number of amides is 1. The number of nitro groups is 1. The van der Waals surface area contributed by atoms with Crippen molar-refractivity contribution in [2.45, 2.75) is 45.1 Å². The Bertz CT molecular complexity index is 848. The summed E-state index contributed by atoms with van der Waals surface area (Å²) < 4.78 is 27.4. The van der Waals surface area contributed by atoms with Gasteiger partial charge in [-0.1, -0.05) is 6.92 Å². The first-order valence-corrected chi connectivity index (χ1v) is 10.8. The average molecular weight is 413 g/mol. The van der Waals surface area contributed by atoms with Gasteiger partial charge in [-0.05, 0) is 38.3 Å². The lowest BCUT2D eigenvalue weighted by atomic mass is 10.1. The molecule has 1 aliphatic heterocycles. The van der Waals surface area contributed by atoms with Gasteiger partial charge in [-0.2, -0.15) is 4.31 Å². The third kappa shape index (κ3) is 5.06. The fourth-order valence-electron chi connectivity index (χ4n) is 3.07. The lowest BCUT2D eigenvalue weighted by Gasteiger charge is -2.34. The van der Waals surface area contributed by atoms with Gasteiger partial charge in [0.15, 0.2) is 0 Å². The van der Waals surface area contributed by atoms with E-state index in [0.717, 1.165) is 12.5 Å². The Morgan fingerprint density at radius 1 is 1.25 bits per heavy atom. The Labute approximate surface area is 165 Å². The number of benzene rings is 1. The van der Waals surface area contributed by atoms with Gasteiger partial charge >= 0.3 is 0 Å². The summed E-state index contributed by atoms with van der Waals surface area (Å²) in [5.74, 6) is -0.0733. The molecule has 0 bridgehead atoms. The third-order valence-corrected chi connectivity index (χ3v) is 7.18. The molecular formula is C18H28N4O5S. The van der Waals surface area contributed by atoms with Gasteiger partial charge in [0.1, 0.15) is 0 Å². The maximum absolute atomic E-state index is 13.1. The molecule has 1 aromatic rings. The average Bonchev–Trinajstić information content (AvgIpc) is 2.63. The summed E-state index contributed by atoms with van der Waals surface area (Å²) in [6.07, 6.45) is 0.847. The number of aryl methyl sites for hydroxylation is 1. The maximum Gasteiger partial charge on any atom is 0.271 e. The smallest absolute Gasteiger partial charge is 0.271 e. The second-order valence-electron chi connectivity index (χ2n) is 7.20. The second-order valence-corrected chi connectivity index (χ2v) is 9.11. The van der Waals surface area contributed by atoms with Crippen LogP contribution in [0.15, 0.2) is 17.0 Å². The van der Waals surface area contributed by atoms with Crippen LogP contribution in [-0.4, -0.2) is 67.2 Å². The van der Waals surface area contributed by atoms with Crippen molar-refractivity contribution < 1.29 is 18.1 Å². The highest BCUT2D eigenvalue weighted by Crippen LogP contribution is 2.28. The van der Waals surface area contributed by atoms with Gasteiger partial charge in [0.25, 0.3) is 5.69 Å².